The van der Waals surface area contributed by atoms with Crippen molar-refractivity contribution in [3.05, 3.63) is 11.6 Å². The van der Waals surface area contributed by atoms with Gasteiger partial charge in [0.05, 0.1) is 0 Å². The lowest BCUT2D eigenvalue weighted by Crippen LogP contribution is -2.54. The van der Waals surface area contributed by atoms with Crippen LogP contribution in [-0.2, 0) is 14.3 Å². The number of carbonyl (C=O) groups is 1. The van der Waals surface area contributed by atoms with Gasteiger partial charge < -0.3 is 9.47 Å². The number of epoxide rings is 1. The van der Waals surface area contributed by atoms with Crippen molar-refractivity contribution < 1.29 is 14.3 Å². The predicted molar refractivity (Wildman–Crippen MR) is 72.7 cm³/mol. The molecule has 3 rings (SSSR count). The van der Waals surface area contributed by atoms with Crippen molar-refractivity contribution in [2.75, 3.05) is 0 Å². The SMILES string of the molecule is CC(=O)OC1CCC(C)(C)C2(C3C=C(C)C3)OC12C. The second-order valence-electron chi connectivity index (χ2n) is 7.29. The molecule has 2 fully saturated rings. The molecule has 1 saturated heterocycles. The van der Waals surface area contributed by atoms with Gasteiger partial charge in [-0.1, -0.05) is 25.5 Å². The van der Waals surface area contributed by atoms with Crippen molar-refractivity contribution in [2.24, 2.45) is 11.3 Å². The van der Waals surface area contributed by atoms with Crippen molar-refractivity contribution >= 4 is 5.97 Å². The molecule has 0 spiro atoms. The van der Waals surface area contributed by atoms with Gasteiger partial charge in [0.1, 0.15) is 17.3 Å². The fourth-order valence-electron chi connectivity index (χ4n) is 4.61. The first kappa shape index (κ1) is 13.2. The van der Waals surface area contributed by atoms with E-state index in [0.717, 1.165) is 19.3 Å². The van der Waals surface area contributed by atoms with Crippen LogP contribution in [0.1, 0.15) is 53.9 Å². The van der Waals surface area contributed by atoms with E-state index in [4.69, 9.17) is 9.47 Å². The Kier molecular flexibility index (Phi) is 2.52. The molecule has 3 heteroatoms. The Morgan fingerprint density at radius 2 is 2.05 bits per heavy atom. The highest BCUT2D eigenvalue weighted by Gasteiger charge is 2.81. The fraction of sp³-hybridized carbons (Fsp3) is 0.812. The summed E-state index contributed by atoms with van der Waals surface area (Å²) in [5.74, 6) is 0.279. The Morgan fingerprint density at radius 3 is 2.58 bits per heavy atom. The van der Waals surface area contributed by atoms with Crippen molar-refractivity contribution in [1.82, 2.24) is 0 Å². The molecule has 1 saturated carbocycles. The molecule has 106 valence electrons. The van der Waals surface area contributed by atoms with Crippen molar-refractivity contribution in [2.45, 2.75) is 71.2 Å². The first-order valence-electron chi connectivity index (χ1n) is 7.28. The van der Waals surface area contributed by atoms with Crippen LogP contribution in [0.3, 0.4) is 0 Å². The highest BCUT2D eigenvalue weighted by atomic mass is 16.7. The molecule has 1 heterocycles. The molecule has 0 aromatic rings. The number of allylic oxidation sites excluding steroid dienone is 1. The van der Waals surface area contributed by atoms with Crippen LogP contribution in [0.2, 0.25) is 0 Å². The van der Waals surface area contributed by atoms with Gasteiger partial charge in [-0.25, -0.2) is 0 Å². The summed E-state index contributed by atoms with van der Waals surface area (Å²) >= 11 is 0. The molecule has 0 aromatic carbocycles. The molecular formula is C16H24O3. The van der Waals surface area contributed by atoms with E-state index in [0.29, 0.717) is 5.92 Å². The van der Waals surface area contributed by atoms with E-state index >= 15 is 0 Å². The minimum atomic E-state index is -0.303. The summed E-state index contributed by atoms with van der Waals surface area (Å²) in [5.41, 5.74) is 1.14. The van der Waals surface area contributed by atoms with E-state index in [1.54, 1.807) is 0 Å². The summed E-state index contributed by atoms with van der Waals surface area (Å²) in [6.45, 7) is 10.4. The van der Waals surface area contributed by atoms with E-state index in [9.17, 15) is 4.79 Å². The molecule has 0 bridgehead atoms. The van der Waals surface area contributed by atoms with Crippen LogP contribution in [0.25, 0.3) is 0 Å². The molecule has 3 aliphatic rings. The van der Waals surface area contributed by atoms with Crippen LogP contribution in [0.15, 0.2) is 11.6 Å². The monoisotopic (exact) mass is 264 g/mol. The molecule has 1 aliphatic heterocycles. The minimum absolute atomic E-state index is 0.0904. The van der Waals surface area contributed by atoms with Gasteiger partial charge in [0.25, 0.3) is 0 Å². The van der Waals surface area contributed by atoms with Gasteiger partial charge in [-0.2, -0.15) is 0 Å². The molecule has 19 heavy (non-hydrogen) atoms. The molecular weight excluding hydrogens is 240 g/mol. The third-order valence-corrected chi connectivity index (χ3v) is 5.58. The number of fused-ring (bicyclic) bond motifs is 1. The Labute approximate surface area is 115 Å². The Bertz CT molecular complexity index is 465. The van der Waals surface area contributed by atoms with E-state index in [-0.39, 0.29) is 28.7 Å². The molecule has 4 unspecified atom stereocenters. The predicted octanol–water partition coefficient (Wildman–Crippen LogP) is 3.23. The van der Waals surface area contributed by atoms with Gasteiger partial charge in [-0.15, -0.1) is 0 Å². The standard InChI is InChI=1S/C16H24O3/c1-10-8-12(9-10)16-14(3,4)7-6-13(18-11(2)17)15(16,5)19-16/h8,12-13H,6-7,9H2,1-5H3. The van der Waals surface area contributed by atoms with E-state index in [2.05, 4.69) is 33.8 Å². The summed E-state index contributed by atoms with van der Waals surface area (Å²) < 4.78 is 11.8. The average Bonchev–Trinajstić information content (AvgIpc) is 2.89. The topological polar surface area (TPSA) is 38.8 Å². The summed E-state index contributed by atoms with van der Waals surface area (Å²) in [6.07, 6.45) is 5.31. The maximum absolute atomic E-state index is 11.3. The maximum atomic E-state index is 11.3. The fourth-order valence-corrected chi connectivity index (χ4v) is 4.61. The third kappa shape index (κ3) is 1.51. The van der Waals surface area contributed by atoms with Gasteiger partial charge in [-0.3, -0.25) is 4.79 Å². The van der Waals surface area contributed by atoms with Gasteiger partial charge in [0.2, 0.25) is 0 Å². The Morgan fingerprint density at radius 1 is 1.42 bits per heavy atom. The third-order valence-electron chi connectivity index (χ3n) is 5.58. The lowest BCUT2D eigenvalue weighted by molar-refractivity contribution is -0.151. The Balaban J connectivity index is 1.92. The summed E-state index contributed by atoms with van der Waals surface area (Å²) in [6, 6.07) is 0. The number of hydrogen-bond donors (Lipinski definition) is 0. The van der Waals surface area contributed by atoms with E-state index in [1.165, 1.54) is 12.5 Å². The second kappa shape index (κ2) is 3.63. The number of esters is 1. The molecule has 4 atom stereocenters. The van der Waals surface area contributed by atoms with Crippen molar-refractivity contribution in [3.8, 4) is 0 Å². The number of rotatable bonds is 2. The number of hydrogen-bond acceptors (Lipinski definition) is 3. The quantitative estimate of drug-likeness (QED) is 0.436. The van der Waals surface area contributed by atoms with Crippen LogP contribution >= 0.6 is 0 Å². The van der Waals surface area contributed by atoms with Crippen LogP contribution in [0.5, 0.6) is 0 Å². The first-order valence-corrected chi connectivity index (χ1v) is 7.28. The van der Waals surface area contributed by atoms with Crippen LogP contribution < -0.4 is 0 Å². The Hall–Kier alpha value is -0.830. The highest BCUT2D eigenvalue weighted by Crippen LogP contribution is 2.71. The number of carbonyl (C=O) groups excluding carboxylic acids is 1. The van der Waals surface area contributed by atoms with Gasteiger partial charge in [0.15, 0.2) is 0 Å². The second-order valence-corrected chi connectivity index (χ2v) is 7.29. The van der Waals surface area contributed by atoms with Gasteiger partial charge in [-0.05, 0) is 38.5 Å². The number of ether oxygens (including phenoxy) is 2. The molecule has 0 amide bonds. The van der Waals surface area contributed by atoms with Crippen LogP contribution in [0.4, 0.5) is 0 Å². The van der Waals surface area contributed by atoms with Gasteiger partial charge >= 0.3 is 5.97 Å². The van der Waals surface area contributed by atoms with E-state index in [1.807, 2.05) is 0 Å². The largest absolute Gasteiger partial charge is 0.459 e. The zero-order chi connectivity index (χ0) is 14.1. The zero-order valence-corrected chi connectivity index (χ0v) is 12.6. The maximum Gasteiger partial charge on any atom is 0.303 e. The molecule has 3 nitrogen and oxygen atoms in total. The average molecular weight is 264 g/mol. The van der Waals surface area contributed by atoms with Crippen molar-refractivity contribution in [1.29, 1.82) is 0 Å². The summed E-state index contributed by atoms with van der Waals surface area (Å²) in [7, 11) is 0. The summed E-state index contributed by atoms with van der Waals surface area (Å²) in [4.78, 5) is 11.3. The molecule has 2 aliphatic carbocycles. The highest BCUT2D eigenvalue weighted by molar-refractivity contribution is 5.66. The van der Waals surface area contributed by atoms with Crippen LogP contribution in [-0.4, -0.2) is 23.3 Å². The minimum Gasteiger partial charge on any atom is -0.459 e. The lowest BCUT2D eigenvalue weighted by Gasteiger charge is -2.46. The summed E-state index contributed by atoms with van der Waals surface area (Å²) in [5, 5.41) is 0. The van der Waals surface area contributed by atoms with Crippen LogP contribution in [0, 0.1) is 11.3 Å². The normalized spacial score (nSPS) is 46.7. The first-order chi connectivity index (χ1) is 8.73. The molecule has 0 N–H and O–H groups in total. The van der Waals surface area contributed by atoms with E-state index < -0.39 is 0 Å². The molecule has 0 radical (unpaired) electrons. The lowest BCUT2D eigenvalue weighted by atomic mass is 9.55. The van der Waals surface area contributed by atoms with Crippen molar-refractivity contribution in [3.63, 3.8) is 0 Å². The molecule has 0 aromatic heterocycles. The zero-order valence-electron chi connectivity index (χ0n) is 12.6. The van der Waals surface area contributed by atoms with Gasteiger partial charge in [0, 0.05) is 12.8 Å². The smallest absolute Gasteiger partial charge is 0.303 e.